The predicted octanol–water partition coefficient (Wildman–Crippen LogP) is 2.67. The molecule has 1 aliphatic rings. The lowest BCUT2D eigenvalue weighted by Crippen LogP contribution is -2.24. The zero-order valence-corrected chi connectivity index (χ0v) is 8.86. The lowest BCUT2D eigenvalue weighted by molar-refractivity contribution is 0.00916. The molecule has 81 valence electrons. The number of ether oxygens (including phenoxy) is 1. The maximum atomic E-state index is 9.68. The zero-order chi connectivity index (χ0) is 10.5. The summed E-state index contributed by atoms with van der Waals surface area (Å²) in [6, 6.07) is 10.1. The van der Waals surface area contributed by atoms with E-state index in [0.29, 0.717) is 6.61 Å². The molecule has 1 N–H and O–H groups in total. The topological polar surface area (TPSA) is 29.5 Å². The van der Waals surface area contributed by atoms with E-state index in [1.807, 2.05) is 30.3 Å². The second-order valence-electron chi connectivity index (χ2n) is 4.00. The van der Waals surface area contributed by atoms with Crippen LogP contribution >= 0.6 is 0 Å². The van der Waals surface area contributed by atoms with Crippen molar-refractivity contribution >= 4 is 0 Å². The Bertz CT molecular complexity index is 284. The van der Waals surface area contributed by atoms with Crippen LogP contribution in [-0.4, -0.2) is 11.2 Å². The third kappa shape index (κ3) is 3.05. The van der Waals surface area contributed by atoms with Gasteiger partial charge in [-0.1, -0.05) is 43.2 Å². The summed E-state index contributed by atoms with van der Waals surface area (Å²) in [5.74, 6) is 0. The standard InChI is InChI=1S/C13H17O2/c14-12-8-4-5-9-13(12)15-10-11-6-2-1-3-7-11/h1-3,6-7,12,14H,4-5,8-10H2. The summed E-state index contributed by atoms with van der Waals surface area (Å²) in [6.45, 7) is 0.577. The summed E-state index contributed by atoms with van der Waals surface area (Å²) < 4.78 is 5.65. The largest absolute Gasteiger partial charge is 0.390 e. The predicted molar refractivity (Wildman–Crippen MR) is 58.9 cm³/mol. The molecule has 0 bridgehead atoms. The number of hydrogen-bond donors (Lipinski definition) is 1. The van der Waals surface area contributed by atoms with E-state index in [1.54, 1.807) is 0 Å². The Balaban J connectivity index is 1.82. The first kappa shape index (κ1) is 10.7. The Morgan fingerprint density at radius 2 is 2.00 bits per heavy atom. The molecule has 2 heteroatoms. The average Bonchev–Trinajstić information content (AvgIpc) is 2.29. The molecule has 2 nitrogen and oxygen atoms in total. The first-order valence-corrected chi connectivity index (χ1v) is 5.57. The minimum absolute atomic E-state index is 0.345. The van der Waals surface area contributed by atoms with Gasteiger partial charge in [0.15, 0.2) is 0 Å². The van der Waals surface area contributed by atoms with Gasteiger partial charge in [-0.3, -0.25) is 0 Å². The summed E-state index contributed by atoms with van der Waals surface area (Å²) in [6.07, 6.45) is 4.53. The van der Waals surface area contributed by atoms with Gasteiger partial charge < -0.3 is 9.84 Å². The Labute approximate surface area is 90.9 Å². The van der Waals surface area contributed by atoms with Gasteiger partial charge in [-0.25, -0.2) is 0 Å². The van der Waals surface area contributed by atoms with Crippen LogP contribution in [0.5, 0.6) is 0 Å². The number of aliphatic hydroxyl groups is 1. The van der Waals surface area contributed by atoms with Crippen LogP contribution in [0.2, 0.25) is 0 Å². The Hall–Kier alpha value is -0.860. The first-order chi connectivity index (χ1) is 7.36. The fourth-order valence-electron chi connectivity index (χ4n) is 1.88. The van der Waals surface area contributed by atoms with Crippen molar-refractivity contribution in [3.8, 4) is 0 Å². The van der Waals surface area contributed by atoms with Gasteiger partial charge in [0.25, 0.3) is 0 Å². The second kappa shape index (κ2) is 5.29. The highest BCUT2D eigenvalue weighted by Crippen LogP contribution is 2.27. The van der Waals surface area contributed by atoms with Crippen molar-refractivity contribution in [2.45, 2.75) is 38.4 Å². The van der Waals surface area contributed by atoms with Crippen molar-refractivity contribution in [3.05, 3.63) is 42.0 Å². The Morgan fingerprint density at radius 1 is 1.20 bits per heavy atom. The van der Waals surface area contributed by atoms with E-state index < -0.39 is 0 Å². The van der Waals surface area contributed by atoms with Crippen LogP contribution in [0.3, 0.4) is 0 Å². The van der Waals surface area contributed by atoms with E-state index in [-0.39, 0.29) is 6.10 Å². The number of benzene rings is 1. The molecule has 0 amide bonds. The van der Waals surface area contributed by atoms with Gasteiger partial charge in [0.2, 0.25) is 0 Å². The average molecular weight is 205 g/mol. The van der Waals surface area contributed by atoms with E-state index in [0.717, 1.165) is 37.4 Å². The highest BCUT2D eigenvalue weighted by Gasteiger charge is 2.24. The van der Waals surface area contributed by atoms with Crippen molar-refractivity contribution in [2.24, 2.45) is 0 Å². The van der Waals surface area contributed by atoms with Crippen LogP contribution < -0.4 is 0 Å². The van der Waals surface area contributed by atoms with Crippen molar-refractivity contribution in [2.75, 3.05) is 0 Å². The van der Waals surface area contributed by atoms with Gasteiger partial charge in [-0.2, -0.15) is 0 Å². The molecule has 1 aromatic rings. The maximum absolute atomic E-state index is 9.68. The molecule has 0 spiro atoms. The van der Waals surface area contributed by atoms with Crippen LogP contribution in [0.4, 0.5) is 0 Å². The summed E-state index contributed by atoms with van der Waals surface area (Å²) in [5, 5.41) is 9.68. The summed E-state index contributed by atoms with van der Waals surface area (Å²) in [7, 11) is 0. The first-order valence-electron chi connectivity index (χ1n) is 5.57. The van der Waals surface area contributed by atoms with Crippen molar-refractivity contribution in [1.29, 1.82) is 0 Å². The molecule has 2 rings (SSSR count). The molecule has 0 saturated heterocycles. The molecule has 1 fully saturated rings. The number of hydrogen-bond acceptors (Lipinski definition) is 2. The van der Waals surface area contributed by atoms with Crippen LogP contribution in [0, 0.1) is 6.10 Å². The van der Waals surface area contributed by atoms with Crippen molar-refractivity contribution in [1.82, 2.24) is 0 Å². The molecule has 1 aromatic carbocycles. The number of rotatable bonds is 3. The van der Waals surface area contributed by atoms with Crippen molar-refractivity contribution in [3.63, 3.8) is 0 Å². The van der Waals surface area contributed by atoms with Crippen LogP contribution in [0.25, 0.3) is 0 Å². The van der Waals surface area contributed by atoms with E-state index in [4.69, 9.17) is 4.74 Å². The summed E-state index contributed by atoms with van der Waals surface area (Å²) >= 11 is 0. The quantitative estimate of drug-likeness (QED) is 0.822. The van der Waals surface area contributed by atoms with Gasteiger partial charge >= 0.3 is 0 Å². The molecule has 0 heterocycles. The number of aliphatic hydroxyl groups excluding tert-OH is 1. The van der Waals surface area contributed by atoms with E-state index in [9.17, 15) is 5.11 Å². The maximum Gasteiger partial charge on any atom is 0.126 e. The van der Waals surface area contributed by atoms with E-state index >= 15 is 0 Å². The fraction of sp³-hybridized carbons (Fsp3) is 0.462. The Kier molecular flexibility index (Phi) is 3.75. The van der Waals surface area contributed by atoms with Gasteiger partial charge in [-0.05, 0) is 18.4 Å². The smallest absolute Gasteiger partial charge is 0.126 e. The zero-order valence-electron chi connectivity index (χ0n) is 8.86. The second-order valence-corrected chi connectivity index (χ2v) is 4.00. The van der Waals surface area contributed by atoms with Crippen LogP contribution in [-0.2, 0) is 11.3 Å². The lowest BCUT2D eigenvalue weighted by Gasteiger charge is -2.26. The molecule has 1 unspecified atom stereocenters. The molecular weight excluding hydrogens is 188 g/mol. The van der Waals surface area contributed by atoms with Gasteiger partial charge in [0, 0.05) is 0 Å². The minimum Gasteiger partial charge on any atom is -0.390 e. The van der Waals surface area contributed by atoms with Crippen molar-refractivity contribution < 1.29 is 9.84 Å². The third-order valence-corrected chi connectivity index (χ3v) is 2.79. The molecule has 1 aliphatic carbocycles. The fourth-order valence-corrected chi connectivity index (χ4v) is 1.88. The molecular formula is C13H17O2. The third-order valence-electron chi connectivity index (χ3n) is 2.79. The van der Waals surface area contributed by atoms with Gasteiger partial charge in [-0.15, -0.1) is 0 Å². The summed E-state index contributed by atoms with van der Waals surface area (Å²) in [4.78, 5) is 0. The van der Waals surface area contributed by atoms with Crippen LogP contribution in [0.15, 0.2) is 30.3 Å². The van der Waals surface area contributed by atoms with Crippen LogP contribution in [0.1, 0.15) is 31.2 Å². The molecule has 1 radical (unpaired) electrons. The minimum atomic E-state index is -0.345. The highest BCUT2D eigenvalue weighted by atomic mass is 16.5. The SMILES string of the molecule is OC1CCCC[C]1OCc1ccccc1. The molecule has 1 atom stereocenters. The van der Waals surface area contributed by atoms with Gasteiger partial charge in [0.05, 0.1) is 12.7 Å². The lowest BCUT2D eigenvalue weighted by atomic mass is 9.95. The molecule has 0 aliphatic heterocycles. The van der Waals surface area contributed by atoms with Gasteiger partial charge in [0.1, 0.15) is 6.10 Å². The molecule has 0 aromatic heterocycles. The van der Waals surface area contributed by atoms with E-state index in [2.05, 4.69) is 0 Å². The summed E-state index contributed by atoms with van der Waals surface area (Å²) in [5.41, 5.74) is 1.16. The normalized spacial score (nSPS) is 22.9. The highest BCUT2D eigenvalue weighted by molar-refractivity contribution is 5.13. The Morgan fingerprint density at radius 3 is 2.73 bits per heavy atom. The molecule has 1 saturated carbocycles. The van der Waals surface area contributed by atoms with E-state index in [1.165, 1.54) is 0 Å². The monoisotopic (exact) mass is 205 g/mol. The molecule has 15 heavy (non-hydrogen) atoms.